The largest absolute Gasteiger partial charge is 0.278 e. The van der Waals surface area contributed by atoms with Gasteiger partial charge in [0.2, 0.25) is 0 Å². The van der Waals surface area contributed by atoms with Crippen LogP contribution in [0, 0.1) is 0 Å². The molecule has 0 aliphatic rings. The van der Waals surface area contributed by atoms with Gasteiger partial charge >= 0.3 is 0 Å². The normalized spacial score (nSPS) is 11.9. The minimum Gasteiger partial charge on any atom is -0.278 e. The third-order valence-electron chi connectivity index (χ3n) is 3.30. The molecule has 3 rings (SSSR count). The fraction of sp³-hybridized carbons (Fsp3) is 0.250. The van der Waals surface area contributed by atoms with Gasteiger partial charge in [-0.2, -0.15) is 5.10 Å². The van der Waals surface area contributed by atoms with Gasteiger partial charge in [-0.1, -0.05) is 26.8 Å². The van der Waals surface area contributed by atoms with Gasteiger partial charge in [0.1, 0.15) is 0 Å². The number of nitrogens with zero attached hydrogens (tertiary/aromatic N) is 2. The number of rotatable bonds is 1. The van der Waals surface area contributed by atoms with Crippen LogP contribution in [0.3, 0.4) is 0 Å². The van der Waals surface area contributed by atoms with Gasteiger partial charge in [0.05, 0.1) is 11.7 Å². The molecule has 19 heavy (non-hydrogen) atoms. The monoisotopic (exact) mass is 251 g/mol. The van der Waals surface area contributed by atoms with Crippen LogP contribution in [0.15, 0.2) is 42.7 Å². The van der Waals surface area contributed by atoms with E-state index in [0.29, 0.717) is 0 Å². The Morgan fingerprint density at radius 2 is 1.79 bits per heavy atom. The highest BCUT2D eigenvalue weighted by molar-refractivity contribution is 5.83. The second-order valence-electron chi connectivity index (χ2n) is 5.85. The number of nitrogens with one attached hydrogen (secondary N) is 1. The SMILES string of the molecule is CC(C)(C)c1cc(-c2ccc3[nH]ncc3c2)ccn1. The smallest absolute Gasteiger partial charge is 0.0650 e. The van der Waals surface area contributed by atoms with Crippen LogP contribution in [0.5, 0.6) is 0 Å². The molecule has 0 atom stereocenters. The Kier molecular flexibility index (Phi) is 2.63. The molecule has 0 fully saturated rings. The van der Waals surface area contributed by atoms with Crippen LogP contribution in [0.4, 0.5) is 0 Å². The summed E-state index contributed by atoms with van der Waals surface area (Å²) in [5.74, 6) is 0. The van der Waals surface area contributed by atoms with Crippen LogP contribution < -0.4 is 0 Å². The zero-order valence-corrected chi connectivity index (χ0v) is 11.4. The Balaban J connectivity index is 2.10. The van der Waals surface area contributed by atoms with E-state index in [1.165, 1.54) is 11.1 Å². The van der Waals surface area contributed by atoms with Gasteiger partial charge in [-0.25, -0.2) is 0 Å². The molecule has 3 aromatic rings. The molecule has 0 aliphatic heterocycles. The quantitative estimate of drug-likeness (QED) is 0.712. The zero-order chi connectivity index (χ0) is 13.5. The van der Waals surface area contributed by atoms with E-state index in [4.69, 9.17) is 0 Å². The number of hydrogen-bond donors (Lipinski definition) is 1. The summed E-state index contributed by atoms with van der Waals surface area (Å²) >= 11 is 0. The maximum absolute atomic E-state index is 4.47. The lowest BCUT2D eigenvalue weighted by Gasteiger charge is -2.18. The third kappa shape index (κ3) is 2.24. The molecule has 3 nitrogen and oxygen atoms in total. The minimum absolute atomic E-state index is 0.0652. The maximum atomic E-state index is 4.47. The first-order valence-corrected chi connectivity index (χ1v) is 6.44. The van der Waals surface area contributed by atoms with Crippen LogP contribution in [0.25, 0.3) is 22.0 Å². The number of H-pyrrole nitrogens is 1. The predicted octanol–water partition coefficient (Wildman–Crippen LogP) is 3.92. The molecule has 1 aromatic carbocycles. The summed E-state index contributed by atoms with van der Waals surface area (Å²) in [5, 5.41) is 8.16. The topological polar surface area (TPSA) is 41.6 Å². The first-order valence-electron chi connectivity index (χ1n) is 6.44. The van der Waals surface area contributed by atoms with E-state index in [0.717, 1.165) is 16.6 Å². The van der Waals surface area contributed by atoms with Crippen molar-refractivity contribution in [2.45, 2.75) is 26.2 Å². The van der Waals surface area contributed by atoms with E-state index < -0.39 is 0 Å². The van der Waals surface area contributed by atoms with E-state index in [1.54, 1.807) is 0 Å². The van der Waals surface area contributed by atoms with Crippen molar-refractivity contribution in [1.82, 2.24) is 15.2 Å². The van der Waals surface area contributed by atoms with Crippen molar-refractivity contribution in [1.29, 1.82) is 0 Å². The van der Waals surface area contributed by atoms with Crippen molar-refractivity contribution < 1.29 is 0 Å². The molecule has 96 valence electrons. The average molecular weight is 251 g/mol. The van der Waals surface area contributed by atoms with Gasteiger partial charge in [-0.3, -0.25) is 10.1 Å². The molecule has 0 unspecified atom stereocenters. The molecule has 0 radical (unpaired) electrons. The van der Waals surface area contributed by atoms with E-state index in [2.05, 4.69) is 66.3 Å². The molecule has 0 bridgehead atoms. The summed E-state index contributed by atoms with van der Waals surface area (Å²) in [6.07, 6.45) is 3.74. The first kappa shape index (κ1) is 11.9. The average Bonchev–Trinajstić information content (AvgIpc) is 2.85. The number of aromatic nitrogens is 3. The predicted molar refractivity (Wildman–Crippen MR) is 78.0 cm³/mol. The molecule has 0 saturated heterocycles. The standard InChI is InChI=1S/C16H17N3/c1-16(2,3)15-9-12(6-7-17-15)11-4-5-14-13(8-11)10-18-19-14/h4-10H,1-3H3,(H,18,19). The molecule has 2 aromatic heterocycles. The molecule has 0 aliphatic carbocycles. The first-order chi connectivity index (χ1) is 9.04. The van der Waals surface area contributed by atoms with Gasteiger partial charge < -0.3 is 0 Å². The van der Waals surface area contributed by atoms with Crippen molar-refractivity contribution in [3.63, 3.8) is 0 Å². The van der Waals surface area contributed by atoms with E-state index in [1.807, 2.05) is 12.4 Å². The summed E-state index contributed by atoms with van der Waals surface area (Å²) in [6, 6.07) is 10.6. The Bertz CT molecular complexity index is 720. The summed E-state index contributed by atoms with van der Waals surface area (Å²) < 4.78 is 0. The second kappa shape index (κ2) is 4.19. The van der Waals surface area contributed by atoms with E-state index in [-0.39, 0.29) is 5.41 Å². The number of benzene rings is 1. The number of fused-ring (bicyclic) bond motifs is 1. The molecule has 1 N–H and O–H groups in total. The number of pyridine rings is 1. The van der Waals surface area contributed by atoms with Gasteiger partial charge in [0.15, 0.2) is 0 Å². The lowest BCUT2D eigenvalue weighted by atomic mass is 9.90. The molecule has 3 heteroatoms. The Hall–Kier alpha value is -2.16. The van der Waals surface area contributed by atoms with Crippen molar-refractivity contribution in [3.05, 3.63) is 48.4 Å². The van der Waals surface area contributed by atoms with Gasteiger partial charge in [0.25, 0.3) is 0 Å². The van der Waals surface area contributed by atoms with Gasteiger partial charge in [-0.05, 0) is 35.4 Å². The summed E-state index contributed by atoms with van der Waals surface area (Å²) in [4.78, 5) is 4.47. The highest BCUT2D eigenvalue weighted by Crippen LogP contribution is 2.27. The Morgan fingerprint density at radius 1 is 1.00 bits per heavy atom. The number of aromatic amines is 1. The van der Waals surface area contributed by atoms with Crippen LogP contribution >= 0.6 is 0 Å². The van der Waals surface area contributed by atoms with Crippen LogP contribution in [-0.4, -0.2) is 15.2 Å². The highest BCUT2D eigenvalue weighted by atomic mass is 15.1. The highest BCUT2D eigenvalue weighted by Gasteiger charge is 2.15. The van der Waals surface area contributed by atoms with Crippen LogP contribution in [-0.2, 0) is 5.41 Å². The van der Waals surface area contributed by atoms with Crippen molar-refractivity contribution in [2.75, 3.05) is 0 Å². The van der Waals surface area contributed by atoms with Crippen molar-refractivity contribution >= 4 is 10.9 Å². The van der Waals surface area contributed by atoms with E-state index >= 15 is 0 Å². The van der Waals surface area contributed by atoms with Crippen LogP contribution in [0.1, 0.15) is 26.5 Å². The van der Waals surface area contributed by atoms with Crippen molar-refractivity contribution in [3.8, 4) is 11.1 Å². The Labute approximate surface area is 112 Å². The fourth-order valence-electron chi connectivity index (χ4n) is 2.14. The Morgan fingerprint density at radius 3 is 2.58 bits per heavy atom. The van der Waals surface area contributed by atoms with Gasteiger partial charge in [-0.15, -0.1) is 0 Å². The summed E-state index contributed by atoms with van der Waals surface area (Å²) in [7, 11) is 0. The number of hydrogen-bond acceptors (Lipinski definition) is 2. The molecule has 0 spiro atoms. The van der Waals surface area contributed by atoms with E-state index in [9.17, 15) is 0 Å². The lowest BCUT2D eigenvalue weighted by Crippen LogP contribution is -2.13. The zero-order valence-electron chi connectivity index (χ0n) is 11.4. The van der Waals surface area contributed by atoms with Gasteiger partial charge in [0, 0.05) is 22.7 Å². The van der Waals surface area contributed by atoms with Crippen LogP contribution in [0.2, 0.25) is 0 Å². The molecule has 2 heterocycles. The lowest BCUT2D eigenvalue weighted by molar-refractivity contribution is 0.569. The minimum atomic E-state index is 0.0652. The molecule has 0 amide bonds. The fourth-order valence-corrected chi connectivity index (χ4v) is 2.14. The third-order valence-corrected chi connectivity index (χ3v) is 3.30. The second-order valence-corrected chi connectivity index (χ2v) is 5.85. The molecular formula is C16H17N3. The summed E-state index contributed by atoms with van der Waals surface area (Å²) in [6.45, 7) is 6.54. The summed E-state index contributed by atoms with van der Waals surface area (Å²) in [5.41, 5.74) is 4.63. The molecule has 0 saturated carbocycles. The van der Waals surface area contributed by atoms with Crippen molar-refractivity contribution in [2.24, 2.45) is 0 Å². The molecular weight excluding hydrogens is 234 g/mol. The maximum Gasteiger partial charge on any atom is 0.0650 e.